The van der Waals surface area contributed by atoms with Crippen molar-refractivity contribution in [3.63, 3.8) is 0 Å². The summed E-state index contributed by atoms with van der Waals surface area (Å²) in [6.45, 7) is 10.8. The van der Waals surface area contributed by atoms with E-state index in [1.54, 1.807) is 0 Å². The van der Waals surface area contributed by atoms with Crippen LogP contribution in [0.2, 0.25) is 0 Å². The van der Waals surface area contributed by atoms with Crippen molar-refractivity contribution in [1.82, 2.24) is 0 Å². The van der Waals surface area contributed by atoms with Gasteiger partial charge in [0.15, 0.2) is 5.11 Å². The number of thiocarbonyl (C=S) groups is 1. The maximum Gasteiger partial charge on any atom is 0.175 e. The topological polar surface area (TPSA) is 24.1 Å². The van der Waals surface area contributed by atoms with Crippen LogP contribution < -0.4 is 10.6 Å². The minimum absolute atomic E-state index is 0.163. The van der Waals surface area contributed by atoms with Gasteiger partial charge in [-0.25, -0.2) is 0 Å². The highest BCUT2D eigenvalue weighted by Gasteiger charge is 2.13. The third kappa shape index (κ3) is 4.08. The number of aryl methyl sites for hydroxylation is 1. The van der Waals surface area contributed by atoms with Crippen molar-refractivity contribution in [2.75, 3.05) is 10.6 Å². The third-order valence-corrected chi connectivity index (χ3v) is 4.07. The second kappa shape index (κ2) is 6.49. The summed E-state index contributed by atoms with van der Waals surface area (Å²) in [5.41, 5.74) is 5.99. The van der Waals surface area contributed by atoms with Gasteiger partial charge in [-0.1, -0.05) is 45.0 Å². The van der Waals surface area contributed by atoms with Gasteiger partial charge >= 0.3 is 0 Å². The summed E-state index contributed by atoms with van der Waals surface area (Å²) in [6, 6.07) is 14.6. The molecule has 0 saturated heterocycles. The van der Waals surface area contributed by atoms with Gasteiger partial charge in [-0.05, 0) is 66.4 Å². The van der Waals surface area contributed by atoms with Crippen molar-refractivity contribution in [3.05, 3.63) is 59.2 Å². The lowest BCUT2D eigenvalue weighted by atomic mass is 9.87. The molecule has 2 nitrogen and oxygen atoms in total. The fourth-order valence-corrected chi connectivity index (χ4v) is 2.45. The van der Waals surface area contributed by atoms with Gasteiger partial charge in [-0.15, -0.1) is 0 Å². The molecule has 0 spiro atoms. The van der Waals surface area contributed by atoms with Crippen LogP contribution in [-0.4, -0.2) is 5.11 Å². The minimum Gasteiger partial charge on any atom is -0.332 e. The second-order valence-electron chi connectivity index (χ2n) is 6.65. The van der Waals surface area contributed by atoms with E-state index in [2.05, 4.69) is 75.6 Å². The van der Waals surface area contributed by atoms with E-state index in [1.165, 1.54) is 16.7 Å². The number of hydrogen-bond donors (Lipinski definition) is 2. The van der Waals surface area contributed by atoms with Crippen LogP contribution in [0.15, 0.2) is 42.5 Å². The molecule has 22 heavy (non-hydrogen) atoms. The van der Waals surface area contributed by atoms with Crippen molar-refractivity contribution >= 4 is 28.7 Å². The first-order valence-corrected chi connectivity index (χ1v) is 7.93. The number of anilines is 2. The lowest BCUT2D eigenvalue weighted by molar-refractivity contribution is 0.590. The standard InChI is InChI=1S/C19H24N2S/c1-13-7-6-8-17(14(13)2)21-18(22)20-16-11-9-15(10-12-16)19(3,4)5/h6-12H,1-5H3,(H2,20,21,22). The summed E-state index contributed by atoms with van der Waals surface area (Å²) in [4.78, 5) is 0. The maximum absolute atomic E-state index is 5.40. The molecule has 0 aliphatic rings. The molecule has 0 unspecified atom stereocenters. The summed E-state index contributed by atoms with van der Waals surface area (Å²) in [7, 11) is 0. The summed E-state index contributed by atoms with van der Waals surface area (Å²) < 4.78 is 0. The van der Waals surface area contributed by atoms with Crippen molar-refractivity contribution in [1.29, 1.82) is 0 Å². The molecule has 0 heterocycles. The zero-order valence-corrected chi connectivity index (χ0v) is 14.8. The monoisotopic (exact) mass is 312 g/mol. The Morgan fingerprint density at radius 2 is 1.55 bits per heavy atom. The Hall–Kier alpha value is -1.87. The first kappa shape index (κ1) is 16.5. The van der Waals surface area contributed by atoms with E-state index in [0.717, 1.165) is 11.4 Å². The molecule has 2 rings (SSSR count). The maximum atomic E-state index is 5.40. The molecular weight excluding hydrogens is 288 g/mol. The van der Waals surface area contributed by atoms with E-state index in [9.17, 15) is 0 Å². The van der Waals surface area contributed by atoms with Crippen LogP contribution in [0.3, 0.4) is 0 Å². The SMILES string of the molecule is Cc1cccc(NC(=S)Nc2ccc(C(C)(C)C)cc2)c1C. The highest BCUT2D eigenvalue weighted by molar-refractivity contribution is 7.80. The molecule has 116 valence electrons. The van der Waals surface area contributed by atoms with Gasteiger partial charge in [0, 0.05) is 11.4 Å². The predicted molar refractivity (Wildman–Crippen MR) is 101 cm³/mol. The van der Waals surface area contributed by atoms with Crippen molar-refractivity contribution in [2.24, 2.45) is 0 Å². The Labute approximate surface area is 139 Å². The van der Waals surface area contributed by atoms with E-state index >= 15 is 0 Å². The quantitative estimate of drug-likeness (QED) is 0.725. The normalized spacial score (nSPS) is 11.1. The van der Waals surface area contributed by atoms with E-state index in [4.69, 9.17) is 12.2 Å². The zero-order valence-electron chi connectivity index (χ0n) is 13.9. The highest BCUT2D eigenvalue weighted by Crippen LogP contribution is 2.24. The summed E-state index contributed by atoms with van der Waals surface area (Å²) in [5.74, 6) is 0. The molecule has 0 radical (unpaired) electrons. The summed E-state index contributed by atoms with van der Waals surface area (Å²) in [6.07, 6.45) is 0. The zero-order chi connectivity index (χ0) is 16.3. The molecule has 0 bridgehead atoms. The second-order valence-corrected chi connectivity index (χ2v) is 7.06. The van der Waals surface area contributed by atoms with Gasteiger partial charge in [0.05, 0.1) is 0 Å². The van der Waals surface area contributed by atoms with Gasteiger partial charge in [0.25, 0.3) is 0 Å². The van der Waals surface area contributed by atoms with E-state index < -0.39 is 0 Å². The van der Waals surface area contributed by atoms with Crippen LogP contribution in [0.5, 0.6) is 0 Å². The highest BCUT2D eigenvalue weighted by atomic mass is 32.1. The molecule has 0 aliphatic carbocycles. The molecule has 0 saturated carbocycles. The fourth-order valence-electron chi connectivity index (χ4n) is 2.22. The van der Waals surface area contributed by atoms with E-state index in [1.807, 2.05) is 12.1 Å². The Morgan fingerprint density at radius 1 is 0.909 bits per heavy atom. The predicted octanol–water partition coefficient (Wildman–Crippen LogP) is 5.41. The average molecular weight is 312 g/mol. The fraction of sp³-hybridized carbons (Fsp3) is 0.316. The molecule has 0 amide bonds. The summed E-state index contributed by atoms with van der Waals surface area (Å²) in [5, 5.41) is 7.11. The first-order valence-electron chi connectivity index (χ1n) is 7.52. The largest absolute Gasteiger partial charge is 0.332 e. The van der Waals surface area contributed by atoms with Crippen molar-refractivity contribution in [3.8, 4) is 0 Å². The lowest BCUT2D eigenvalue weighted by Crippen LogP contribution is -2.20. The Morgan fingerprint density at radius 3 is 2.14 bits per heavy atom. The number of benzene rings is 2. The molecule has 3 heteroatoms. The van der Waals surface area contributed by atoms with Crippen LogP contribution in [0.25, 0.3) is 0 Å². The van der Waals surface area contributed by atoms with Crippen LogP contribution in [-0.2, 0) is 5.41 Å². The van der Waals surface area contributed by atoms with Gasteiger partial charge < -0.3 is 10.6 Å². The third-order valence-electron chi connectivity index (χ3n) is 3.86. The number of rotatable bonds is 2. The molecule has 2 N–H and O–H groups in total. The first-order chi connectivity index (χ1) is 10.3. The van der Waals surface area contributed by atoms with E-state index in [-0.39, 0.29) is 5.41 Å². The molecule has 0 aliphatic heterocycles. The molecule has 2 aromatic carbocycles. The Balaban J connectivity index is 2.05. The molecule has 0 fully saturated rings. The number of nitrogens with one attached hydrogen (secondary N) is 2. The van der Waals surface area contributed by atoms with Gasteiger partial charge in [0.2, 0.25) is 0 Å². The van der Waals surface area contributed by atoms with Crippen LogP contribution in [0, 0.1) is 13.8 Å². The smallest absolute Gasteiger partial charge is 0.175 e. The van der Waals surface area contributed by atoms with Crippen molar-refractivity contribution < 1.29 is 0 Å². The van der Waals surface area contributed by atoms with Crippen molar-refractivity contribution in [2.45, 2.75) is 40.0 Å². The average Bonchev–Trinajstić information content (AvgIpc) is 2.43. The molecular formula is C19H24N2S. The van der Waals surface area contributed by atoms with Crippen LogP contribution in [0.1, 0.15) is 37.5 Å². The number of hydrogen-bond acceptors (Lipinski definition) is 1. The summed E-state index contributed by atoms with van der Waals surface area (Å²) >= 11 is 5.40. The van der Waals surface area contributed by atoms with Gasteiger partial charge in [-0.2, -0.15) is 0 Å². The molecule has 2 aromatic rings. The Kier molecular flexibility index (Phi) is 4.87. The lowest BCUT2D eigenvalue weighted by Gasteiger charge is -2.19. The minimum atomic E-state index is 0.163. The van der Waals surface area contributed by atoms with Crippen LogP contribution in [0.4, 0.5) is 11.4 Å². The molecule has 0 atom stereocenters. The molecule has 0 aromatic heterocycles. The van der Waals surface area contributed by atoms with Crippen LogP contribution >= 0.6 is 12.2 Å². The Bertz CT molecular complexity index is 667. The van der Waals surface area contributed by atoms with Gasteiger partial charge in [-0.3, -0.25) is 0 Å². The van der Waals surface area contributed by atoms with Gasteiger partial charge in [0.1, 0.15) is 0 Å². The van der Waals surface area contributed by atoms with E-state index in [0.29, 0.717) is 5.11 Å².